The second-order valence-electron chi connectivity index (χ2n) is 7.35. The molecular weight excluding hydrogens is 405 g/mol. The molecule has 0 aliphatic heterocycles. The van der Waals surface area contributed by atoms with Crippen LogP contribution in [0.4, 0.5) is 19.0 Å². The van der Waals surface area contributed by atoms with Crippen LogP contribution >= 0.6 is 0 Å². The quantitative estimate of drug-likeness (QED) is 0.676. The van der Waals surface area contributed by atoms with Crippen LogP contribution in [0.1, 0.15) is 18.4 Å². The van der Waals surface area contributed by atoms with Crippen LogP contribution in [0.3, 0.4) is 0 Å². The molecule has 2 heterocycles. The number of sulfone groups is 1. The SMILES string of the molecule is CN(c1ncnc2[nH]ccc12)[C@H]1C[C@@H](CS(=O)(=O)c2cccc(C(F)(F)F)c2)C1. The van der Waals surface area contributed by atoms with Crippen LogP contribution < -0.4 is 4.90 Å². The number of benzene rings is 1. The second kappa shape index (κ2) is 7.01. The fraction of sp³-hybridized carbons (Fsp3) is 0.368. The van der Waals surface area contributed by atoms with Gasteiger partial charge in [0, 0.05) is 19.3 Å². The maximum atomic E-state index is 12.9. The number of alkyl halides is 3. The van der Waals surface area contributed by atoms with Gasteiger partial charge in [0.05, 0.1) is 21.6 Å². The van der Waals surface area contributed by atoms with Gasteiger partial charge in [-0.1, -0.05) is 6.07 Å². The van der Waals surface area contributed by atoms with Gasteiger partial charge in [0.1, 0.15) is 17.8 Å². The number of nitrogens with zero attached hydrogens (tertiary/aromatic N) is 3. The lowest BCUT2D eigenvalue weighted by Gasteiger charge is -2.41. The first-order valence-electron chi connectivity index (χ1n) is 9.06. The summed E-state index contributed by atoms with van der Waals surface area (Å²) in [7, 11) is -1.89. The Morgan fingerprint density at radius 2 is 1.97 bits per heavy atom. The first-order chi connectivity index (χ1) is 13.6. The zero-order chi connectivity index (χ0) is 20.8. The van der Waals surface area contributed by atoms with Crippen molar-refractivity contribution in [3.63, 3.8) is 0 Å². The molecule has 0 saturated heterocycles. The van der Waals surface area contributed by atoms with Gasteiger partial charge in [-0.15, -0.1) is 0 Å². The highest BCUT2D eigenvalue weighted by atomic mass is 32.2. The minimum absolute atomic E-state index is 0.106. The van der Waals surface area contributed by atoms with E-state index in [9.17, 15) is 21.6 Å². The van der Waals surface area contributed by atoms with E-state index in [0.717, 1.165) is 29.0 Å². The number of rotatable bonds is 5. The minimum Gasteiger partial charge on any atom is -0.356 e. The molecule has 0 radical (unpaired) electrons. The van der Waals surface area contributed by atoms with Crippen molar-refractivity contribution in [3.05, 3.63) is 48.4 Å². The molecule has 1 saturated carbocycles. The van der Waals surface area contributed by atoms with Crippen LogP contribution in [0.15, 0.2) is 47.8 Å². The fourth-order valence-corrected chi connectivity index (χ4v) is 5.42. The van der Waals surface area contributed by atoms with Gasteiger partial charge in [-0.2, -0.15) is 13.2 Å². The molecule has 0 amide bonds. The number of anilines is 1. The lowest BCUT2D eigenvalue weighted by molar-refractivity contribution is -0.137. The topological polar surface area (TPSA) is 79.0 Å². The Morgan fingerprint density at radius 3 is 2.69 bits per heavy atom. The maximum Gasteiger partial charge on any atom is 0.416 e. The van der Waals surface area contributed by atoms with Crippen LogP contribution in [0.5, 0.6) is 0 Å². The molecule has 1 N–H and O–H groups in total. The number of fused-ring (bicyclic) bond motifs is 1. The van der Waals surface area contributed by atoms with Crippen molar-refractivity contribution < 1.29 is 21.6 Å². The van der Waals surface area contributed by atoms with Crippen molar-refractivity contribution in [1.82, 2.24) is 15.0 Å². The zero-order valence-corrected chi connectivity index (χ0v) is 16.3. The molecule has 1 aromatic carbocycles. The summed E-state index contributed by atoms with van der Waals surface area (Å²) in [6.45, 7) is 0. The number of H-pyrrole nitrogens is 1. The summed E-state index contributed by atoms with van der Waals surface area (Å²) in [6.07, 6.45) is -0.0626. The van der Waals surface area contributed by atoms with Gasteiger partial charge in [-0.25, -0.2) is 18.4 Å². The van der Waals surface area contributed by atoms with E-state index in [-0.39, 0.29) is 22.6 Å². The van der Waals surface area contributed by atoms with E-state index in [1.165, 1.54) is 12.4 Å². The van der Waals surface area contributed by atoms with Gasteiger partial charge in [0.15, 0.2) is 9.84 Å². The third kappa shape index (κ3) is 3.81. The smallest absolute Gasteiger partial charge is 0.356 e. The van der Waals surface area contributed by atoms with Crippen LogP contribution in [-0.4, -0.2) is 42.2 Å². The van der Waals surface area contributed by atoms with Crippen LogP contribution in [0.2, 0.25) is 0 Å². The number of halogens is 3. The molecule has 154 valence electrons. The van der Waals surface area contributed by atoms with Gasteiger partial charge in [-0.3, -0.25) is 0 Å². The average Bonchev–Trinajstić information content (AvgIpc) is 3.12. The van der Waals surface area contributed by atoms with E-state index in [4.69, 9.17) is 0 Å². The number of nitrogens with one attached hydrogen (secondary N) is 1. The maximum absolute atomic E-state index is 12.9. The van der Waals surface area contributed by atoms with Crippen LogP contribution in [-0.2, 0) is 16.0 Å². The van der Waals surface area contributed by atoms with Crippen molar-refractivity contribution >= 4 is 26.7 Å². The third-order valence-corrected chi connectivity index (χ3v) is 7.28. The van der Waals surface area contributed by atoms with Gasteiger partial charge >= 0.3 is 6.18 Å². The Morgan fingerprint density at radius 1 is 1.21 bits per heavy atom. The lowest BCUT2D eigenvalue weighted by atomic mass is 9.81. The standard InChI is InChI=1S/C19H19F3N4O2S/c1-26(18-16-5-6-23-17(16)24-11-25-18)14-7-12(8-14)10-29(27,28)15-4-2-3-13(9-15)19(20,21)22/h2-6,9,11-12,14H,7-8,10H2,1H3,(H,23,24,25)/t12-,14+. The van der Waals surface area contributed by atoms with E-state index < -0.39 is 21.6 Å². The van der Waals surface area contributed by atoms with Crippen molar-refractivity contribution in [3.8, 4) is 0 Å². The third-order valence-electron chi connectivity index (χ3n) is 5.40. The molecule has 1 aliphatic rings. The van der Waals surface area contributed by atoms with E-state index >= 15 is 0 Å². The molecule has 0 spiro atoms. The largest absolute Gasteiger partial charge is 0.416 e. The first kappa shape index (κ1) is 19.7. The molecule has 1 fully saturated rings. The second-order valence-corrected chi connectivity index (χ2v) is 9.38. The number of hydrogen-bond donors (Lipinski definition) is 1. The molecule has 0 atom stereocenters. The van der Waals surface area contributed by atoms with Crippen LogP contribution in [0, 0.1) is 5.92 Å². The molecule has 10 heteroatoms. The highest BCUT2D eigenvalue weighted by molar-refractivity contribution is 7.91. The summed E-state index contributed by atoms with van der Waals surface area (Å²) in [4.78, 5) is 13.2. The Hall–Kier alpha value is -2.62. The summed E-state index contributed by atoms with van der Waals surface area (Å²) in [5, 5.41) is 0.884. The normalized spacial score (nSPS) is 19.9. The minimum atomic E-state index is -4.57. The lowest BCUT2D eigenvalue weighted by Crippen LogP contribution is -2.45. The molecule has 0 bridgehead atoms. The van der Waals surface area contributed by atoms with E-state index in [1.807, 2.05) is 18.0 Å². The summed E-state index contributed by atoms with van der Waals surface area (Å²) >= 11 is 0. The van der Waals surface area contributed by atoms with E-state index in [2.05, 4.69) is 15.0 Å². The van der Waals surface area contributed by atoms with Gasteiger partial charge in [-0.05, 0) is 43.0 Å². The molecule has 2 aromatic heterocycles. The number of hydrogen-bond acceptors (Lipinski definition) is 5. The Bertz CT molecular complexity index is 1140. The first-order valence-corrected chi connectivity index (χ1v) is 10.7. The number of aromatic amines is 1. The molecule has 3 aromatic rings. The molecule has 29 heavy (non-hydrogen) atoms. The zero-order valence-electron chi connectivity index (χ0n) is 15.5. The summed E-state index contributed by atoms with van der Waals surface area (Å²) < 4.78 is 63.8. The number of aromatic nitrogens is 3. The molecular formula is C19H19F3N4O2S. The summed E-state index contributed by atoms with van der Waals surface area (Å²) in [6, 6.07) is 5.93. The van der Waals surface area contributed by atoms with Gasteiger partial charge in [0.2, 0.25) is 0 Å². The van der Waals surface area contributed by atoms with Gasteiger partial charge < -0.3 is 9.88 Å². The predicted octanol–water partition coefficient (Wildman–Crippen LogP) is 3.67. The summed E-state index contributed by atoms with van der Waals surface area (Å²) in [5.41, 5.74) is -0.228. The highest BCUT2D eigenvalue weighted by Crippen LogP contribution is 2.37. The van der Waals surface area contributed by atoms with Crippen molar-refractivity contribution in [2.24, 2.45) is 5.92 Å². The van der Waals surface area contributed by atoms with E-state index in [1.54, 1.807) is 6.20 Å². The molecule has 4 rings (SSSR count). The molecule has 0 unspecified atom stereocenters. The van der Waals surface area contributed by atoms with Crippen molar-refractivity contribution in [2.45, 2.75) is 30.0 Å². The average molecular weight is 424 g/mol. The fourth-order valence-electron chi connectivity index (χ4n) is 3.74. The van der Waals surface area contributed by atoms with Crippen LogP contribution in [0.25, 0.3) is 11.0 Å². The Labute approximate surface area is 165 Å². The Kier molecular flexibility index (Phi) is 4.76. The predicted molar refractivity (Wildman–Crippen MR) is 102 cm³/mol. The highest BCUT2D eigenvalue weighted by Gasteiger charge is 2.37. The summed E-state index contributed by atoms with van der Waals surface area (Å²) in [5.74, 6) is 0.494. The van der Waals surface area contributed by atoms with Gasteiger partial charge in [0.25, 0.3) is 0 Å². The molecule has 6 nitrogen and oxygen atoms in total. The molecule has 1 aliphatic carbocycles. The monoisotopic (exact) mass is 424 g/mol. The van der Waals surface area contributed by atoms with Crippen molar-refractivity contribution in [1.29, 1.82) is 0 Å². The Balaban J connectivity index is 1.43. The van der Waals surface area contributed by atoms with E-state index in [0.29, 0.717) is 18.9 Å². The van der Waals surface area contributed by atoms with Crippen molar-refractivity contribution in [2.75, 3.05) is 17.7 Å².